The molecule has 2 aliphatic rings. The summed E-state index contributed by atoms with van der Waals surface area (Å²) in [4.78, 5) is 3.63. The highest BCUT2D eigenvalue weighted by Gasteiger charge is 2.45. The number of aromatic nitrogens is 1. The second-order valence-corrected chi connectivity index (χ2v) is 14.3. The summed E-state index contributed by atoms with van der Waals surface area (Å²) in [6.07, 6.45) is 1.63. The van der Waals surface area contributed by atoms with E-state index >= 15 is 0 Å². The fourth-order valence-electron chi connectivity index (χ4n) is 5.34. The third kappa shape index (κ3) is 6.22. The van der Waals surface area contributed by atoms with E-state index < -0.39 is 43.3 Å². The largest absolute Gasteiger partial charge is 0.506 e. The van der Waals surface area contributed by atoms with Crippen molar-refractivity contribution in [3.63, 3.8) is 0 Å². The Morgan fingerprint density at radius 3 is 2.67 bits per heavy atom. The molecule has 0 unspecified atom stereocenters. The number of aliphatic hydroxyl groups excluding tert-OH is 1. The number of ether oxygens (including phenoxy) is 2. The van der Waals surface area contributed by atoms with Gasteiger partial charge in [0.2, 0.25) is 20.0 Å². The van der Waals surface area contributed by atoms with Crippen LogP contribution in [0.5, 0.6) is 11.5 Å². The van der Waals surface area contributed by atoms with Crippen molar-refractivity contribution < 1.29 is 40.9 Å². The van der Waals surface area contributed by atoms with Crippen molar-refractivity contribution in [3.05, 3.63) is 54.5 Å². The molecule has 0 aliphatic carbocycles. The summed E-state index contributed by atoms with van der Waals surface area (Å²) in [5, 5.41) is 24.3. The maximum absolute atomic E-state index is 14.0. The summed E-state index contributed by atoms with van der Waals surface area (Å²) in [5.74, 6) is -0.865. The number of fused-ring (bicyclic) bond motifs is 1. The van der Waals surface area contributed by atoms with Crippen molar-refractivity contribution in [1.82, 2.24) is 19.3 Å². The standard InChI is InChI=1S/C27H33FN4O8S2/c1-29-41(35,36)21-5-2-4-20(12-21)39-17-19(33)14-30-18-13-27(40-16-18)8-10-32(11-9-27)42(37,38)24-15-31-25-22(26(24)34)6-3-7-23(25)28/h2-7,12,15,18-19,29-30,33H,8-11,13-14,16-17H2,1H3,(H,31,34)/t18-,19+/m1/s1. The van der Waals surface area contributed by atoms with Crippen LogP contribution >= 0.6 is 0 Å². The number of hydrogen-bond donors (Lipinski definition) is 4. The molecule has 0 radical (unpaired) electrons. The average molecular weight is 625 g/mol. The first kappa shape index (κ1) is 30.5. The molecule has 2 fully saturated rings. The van der Waals surface area contributed by atoms with Crippen molar-refractivity contribution in [3.8, 4) is 11.5 Å². The zero-order chi connectivity index (χ0) is 30.1. The molecule has 2 aliphatic heterocycles. The van der Waals surface area contributed by atoms with E-state index in [0.29, 0.717) is 31.6 Å². The molecule has 12 nitrogen and oxygen atoms in total. The Bertz CT molecular complexity index is 1660. The van der Waals surface area contributed by atoms with E-state index in [0.717, 1.165) is 6.20 Å². The smallest absolute Gasteiger partial charge is 0.248 e. The molecular weight excluding hydrogens is 591 g/mol. The topological polar surface area (TPSA) is 167 Å². The highest BCUT2D eigenvalue weighted by atomic mass is 32.2. The van der Waals surface area contributed by atoms with Gasteiger partial charge in [0.15, 0.2) is 0 Å². The van der Waals surface area contributed by atoms with Crippen LogP contribution in [-0.4, -0.2) is 94.0 Å². The first-order valence-corrected chi connectivity index (χ1v) is 16.3. The molecule has 2 atom stereocenters. The summed E-state index contributed by atoms with van der Waals surface area (Å²) in [6, 6.07) is 9.91. The predicted molar refractivity (Wildman–Crippen MR) is 151 cm³/mol. The molecule has 2 saturated heterocycles. The molecule has 3 aromatic rings. The van der Waals surface area contributed by atoms with Crippen LogP contribution in [0.4, 0.5) is 4.39 Å². The van der Waals surface area contributed by atoms with Gasteiger partial charge in [-0.3, -0.25) is 4.98 Å². The van der Waals surface area contributed by atoms with E-state index in [9.17, 15) is 31.4 Å². The van der Waals surface area contributed by atoms with Gasteiger partial charge in [0, 0.05) is 37.1 Å². The number of benzene rings is 2. The molecule has 1 aromatic heterocycles. The molecule has 4 N–H and O–H groups in total. The first-order valence-electron chi connectivity index (χ1n) is 13.4. The highest BCUT2D eigenvalue weighted by Crippen LogP contribution is 2.39. The molecule has 228 valence electrons. The van der Waals surface area contributed by atoms with Crippen LogP contribution < -0.4 is 14.8 Å². The van der Waals surface area contributed by atoms with Gasteiger partial charge in [0.25, 0.3) is 0 Å². The monoisotopic (exact) mass is 624 g/mol. The number of sulfonamides is 2. The van der Waals surface area contributed by atoms with Crippen LogP contribution in [0, 0.1) is 5.82 Å². The van der Waals surface area contributed by atoms with Gasteiger partial charge >= 0.3 is 0 Å². The molecule has 1 spiro atoms. The number of hydrogen-bond acceptors (Lipinski definition) is 10. The number of piperidine rings is 1. The van der Waals surface area contributed by atoms with Gasteiger partial charge in [-0.05, 0) is 50.6 Å². The zero-order valence-corrected chi connectivity index (χ0v) is 24.5. The maximum Gasteiger partial charge on any atom is 0.248 e. The minimum atomic E-state index is -4.08. The number of nitrogens with one attached hydrogen (secondary N) is 2. The van der Waals surface area contributed by atoms with Crippen LogP contribution in [0.25, 0.3) is 10.9 Å². The third-order valence-electron chi connectivity index (χ3n) is 7.72. The summed E-state index contributed by atoms with van der Waals surface area (Å²) in [6.45, 7) is 0.910. The molecule has 3 heterocycles. The van der Waals surface area contributed by atoms with E-state index in [1.165, 1.54) is 41.7 Å². The summed E-state index contributed by atoms with van der Waals surface area (Å²) >= 11 is 0. The molecule has 42 heavy (non-hydrogen) atoms. The summed E-state index contributed by atoms with van der Waals surface area (Å²) in [7, 11) is -6.37. The second kappa shape index (κ2) is 12.0. The molecule has 0 saturated carbocycles. The SMILES string of the molecule is CNS(=O)(=O)c1cccc(OC[C@@H](O)CN[C@H]2COC3(CCN(S(=O)(=O)c4cnc5c(F)cccc5c4O)CC3)C2)c1. The minimum absolute atomic E-state index is 0.0282. The van der Waals surface area contributed by atoms with Gasteiger partial charge in [0.1, 0.15) is 40.4 Å². The van der Waals surface area contributed by atoms with E-state index in [2.05, 4.69) is 15.0 Å². The molecule has 15 heteroatoms. The molecule has 0 bridgehead atoms. The fourth-order valence-corrected chi connectivity index (χ4v) is 7.59. The zero-order valence-electron chi connectivity index (χ0n) is 22.9. The Morgan fingerprint density at radius 1 is 1.19 bits per heavy atom. The Morgan fingerprint density at radius 2 is 1.93 bits per heavy atom. The third-order valence-corrected chi connectivity index (χ3v) is 11.0. The lowest BCUT2D eigenvalue weighted by atomic mass is 9.88. The molecular formula is C27H33FN4O8S2. The fraction of sp³-hybridized carbons (Fsp3) is 0.444. The van der Waals surface area contributed by atoms with Gasteiger partial charge < -0.3 is 25.0 Å². The summed E-state index contributed by atoms with van der Waals surface area (Å²) < 4.78 is 79.8. The maximum atomic E-state index is 14.0. The lowest BCUT2D eigenvalue weighted by Gasteiger charge is -2.38. The van der Waals surface area contributed by atoms with Crippen LogP contribution in [-0.2, 0) is 24.8 Å². The van der Waals surface area contributed by atoms with E-state index in [-0.39, 0.29) is 53.0 Å². The van der Waals surface area contributed by atoms with Gasteiger partial charge in [-0.2, -0.15) is 4.31 Å². The number of rotatable bonds is 10. The first-order chi connectivity index (χ1) is 19.9. The number of aliphatic hydroxyl groups is 1. The van der Waals surface area contributed by atoms with Crippen molar-refractivity contribution in [2.75, 3.05) is 39.9 Å². The van der Waals surface area contributed by atoms with Crippen molar-refractivity contribution >= 4 is 30.9 Å². The number of aromatic hydroxyl groups is 1. The lowest BCUT2D eigenvalue weighted by molar-refractivity contribution is -0.0312. The van der Waals surface area contributed by atoms with Gasteiger partial charge in [-0.25, -0.2) is 25.9 Å². The number of nitrogens with zero attached hydrogens (tertiary/aromatic N) is 2. The number of halogens is 1. The van der Waals surface area contributed by atoms with Crippen LogP contribution in [0.1, 0.15) is 19.3 Å². The van der Waals surface area contributed by atoms with Gasteiger partial charge in [0.05, 0.1) is 23.3 Å². The van der Waals surface area contributed by atoms with E-state index in [4.69, 9.17) is 9.47 Å². The minimum Gasteiger partial charge on any atom is -0.506 e. The van der Waals surface area contributed by atoms with Gasteiger partial charge in [-0.1, -0.05) is 12.1 Å². The van der Waals surface area contributed by atoms with Crippen molar-refractivity contribution in [2.45, 2.75) is 46.8 Å². The van der Waals surface area contributed by atoms with Crippen LogP contribution in [0.15, 0.2) is 58.5 Å². The summed E-state index contributed by atoms with van der Waals surface area (Å²) in [5.41, 5.74) is -0.618. The Balaban J connectivity index is 1.12. The normalized spacial score (nSPS) is 20.2. The van der Waals surface area contributed by atoms with Crippen LogP contribution in [0.3, 0.4) is 0 Å². The predicted octanol–water partition coefficient (Wildman–Crippen LogP) is 1.33. The highest BCUT2D eigenvalue weighted by molar-refractivity contribution is 7.89. The molecule has 5 rings (SSSR count). The second-order valence-electron chi connectivity index (χ2n) is 10.5. The van der Waals surface area contributed by atoms with E-state index in [1.54, 1.807) is 12.1 Å². The Labute approximate surface area is 243 Å². The number of para-hydroxylation sites is 1. The average Bonchev–Trinajstić information content (AvgIpc) is 3.37. The number of pyridine rings is 1. The van der Waals surface area contributed by atoms with Crippen molar-refractivity contribution in [2.24, 2.45) is 0 Å². The lowest BCUT2D eigenvalue weighted by Crippen LogP contribution is -2.47. The Kier molecular flexibility index (Phi) is 8.72. The quantitative estimate of drug-likeness (QED) is 0.258. The van der Waals surface area contributed by atoms with Crippen molar-refractivity contribution in [1.29, 1.82) is 0 Å². The van der Waals surface area contributed by atoms with E-state index in [1.807, 2.05) is 0 Å². The molecule has 0 amide bonds. The van der Waals surface area contributed by atoms with Gasteiger partial charge in [-0.15, -0.1) is 0 Å². The Hall–Kier alpha value is -2.92. The molecule has 2 aromatic carbocycles. The van der Waals surface area contributed by atoms with Crippen LogP contribution in [0.2, 0.25) is 0 Å².